The molecule has 2 aromatic carbocycles. The summed E-state index contributed by atoms with van der Waals surface area (Å²) in [4.78, 5) is 21.4. The quantitative estimate of drug-likeness (QED) is 0.672. The maximum atomic E-state index is 13.9. The van der Waals surface area contributed by atoms with Gasteiger partial charge < -0.3 is 19.1 Å². The molecule has 2 aromatic rings. The van der Waals surface area contributed by atoms with Crippen molar-refractivity contribution in [2.75, 3.05) is 46.9 Å². The lowest BCUT2D eigenvalue weighted by molar-refractivity contribution is -0.152. The number of carbonyl (C=O) groups is 1. The monoisotopic (exact) mass is 441 g/mol. The van der Waals surface area contributed by atoms with Crippen molar-refractivity contribution in [2.24, 2.45) is 10.4 Å². The fourth-order valence-electron chi connectivity index (χ4n) is 4.11. The van der Waals surface area contributed by atoms with E-state index in [2.05, 4.69) is 9.80 Å². The van der Waals surface area contributed by atoms with Crippen LogP contribution in [-0.4, -0.2) is 68.5 Å². The van der Waals surface area contributed by atoms with Gasteiger partial charge in [-0.1, -0.05) is 0 Å². The first-order valence-electron chi connectivity index (χ1n) is 10.6. The molecule has 0 aliphatic carbocycles. The van der Waals surface area contributed by atoms with Crippen LogP contribution in [0.2, 0.25) is 0 Å². The maximum Gasteiger partial charge on any atom is 0.312 e. The van der Waals surface area contributed by atoms with Crippen LogP contribution in [0.3, 0.4) is 0 Å². The molecule has 7 nitrogen and oxygen atoms in total. The molecule has 2 heterocycles. The van der Waals surface area contributed by atoms with Crippen molar-refractivity contribution in [3.05, 3.63) is 47.8 Å². The van der Waals surface area contributed by atoms with Crippen molar-refractivity contribution in [2.45, 2.75) is 13.8 Å². The highest BCUT2D eigenvalue weighted by atomic mass is 19.1. The predicted octanol–water partition coefficient (Wildman–Crippen LogP) is 3.84. The van der Waals surface area contributed by atoms with Gasteiger partial charge in [0.25, 0.3) is 0 Å². The van der Waals surface area contributed by atoms with Crippen LogP contribution in [-0.2, 0) is 9.53 Å². The van der Waals surface area contributed by atoms with E-state index < -0.39 is 5.41 Å². The van der Waals surface area contributed by atoms with Crippen molar-refractivity contribution in [3.8, 4) is 17.2 Å². The number of methoxy groups -OCH3 is 2. The molecule has 0 saturated carbocycles. The lowest BCUT2D eigenvalue weighted by atomic mass is 9.92. The molecule has 32 heavy (non-hydrogen) atoms. The molecule has 1 fully saturated rings. The number of piperazine rings is 1. The highest BCUT2D eigenvalue weighted by Gasteiger charge is 2.33. The first-order chi connectivity index (χ1) is 15.3. The number of fused-ring (bicyclic) bond motifs is 2. The second-order valence-corrected chi connectivity index (χ2v) is 8.65. The number of hydrogen-bond donors (Lipinski definition) is 0. The molecule has 0 bridgehead atoms. The van der Waals surface area contributed by atoms with E-state index in [0.717, 1.165) is 37.6 Å². The van der Waals surface area contributed by atoms with Crippen LogP contribution >= 0.6 is 0 Å². The largest absolute Gasteiger partial charge is 0.497 e. The summed E-state index contributed by atoms with van der Waals surface area (Å²) in [6, 6.07) is 9.93. The molecule has 0 N–H and O–H groups in total. The van der Waals surface area contributed by atoms with Crippen molar-refractivity contribution in [3.63, 3.8) is 0 Å². The molecule has 0 unspecified atom stereocenters. The molecule has 2 aliphatic rings. The number of amidine groups is 1. The minimum absolute atomic E-state index is 0.211. The highest BCUT2D eigenvalue weighted by Crippen LogP contribution is 2.40. The van der Waals surface area contributed by atoms with Gasteiger partial charge in [-0.2, -0.15) is 0 Å². The molecule has 170 valence electrons. The summed E-state index contributed by atoms with van der Waals surface area (Å²) in [7, 11) is 3.01. The summed E-state index contributed by atoms with van der Waals surface area (Å²) in [5.41, 5.74) is 0.827. The molecular formula is C24H28FN3O4. The average Bonchev–Trinajstić information content (AvgIpc) is 2.94. The Bertz CT molecular complexity index is 1050. The lowest BCUT2D eigenvalue weighted by Gasteiger charge is -2.39. The number of benzene rings is 2. The standard InChI is InChI=1S/C24H28FN3O4/c1-24(2,23(29)31-4)15-27-9-11-28(12-10-27)22-18-7-6-17(30-3)14-20(18)32-21-13-16(25)5-8-19(21)26-22/h5-8,13-14H,9-12,15H2,1-4H3. The highest BCUT2D eigenvalue weighted by molar-refractivity contribution is 6.04. The summed E-state index contributed by atoms with van der Waals surface area (Å²) in [6.07, 6.45) is 0. The van der Waals surface area contributed by atoms with Crippen LogP contribution in [0.15, 0.2) is 41.4 Å². The van der Waals surface area contributed by atoms with Crippen LogP contribution in [0.25, 0.3) is 0 Å². The summed E-state index contributed by atoms with van der Waals surface area (Å²) in [5, 5.41) is 0. The second-order valence-electron chi connectivity index (χ2n) is 8.65. The summed E-state index contributed by atoms with van der Waals surface area (Å²) in [5.74, 6) is 1.78. The Hall–Kier alpha value is -3.13. The van der Waals surface area contributed by atoms with Crippen LogP contribution < -0.4 is 9.47 Å². The first-order valence-corrected chi connectivity index (χ1v) is 10.6. The Morgan fingerprint density at radius 3 is 2.53 bits per heavy atom. The van der Waals surface area contributed by atoms with Crippen molar-refractivity contribution >= 4 is 17.5 Å². The third-order valence-corrected chi connectivity index (χ3v) is 5.83. The van der Waals surface area contributed by atoms with E-state index in [9.17, 15) is 9.18 Å². The van der Waals surface area contributed by atoms with E-state index in [-0.39, 0.29) is 11.8 Å². The Balaban J connectivity index is 1.60. The van der Waals surface area contributed by atoms with Gasteiger partial charge in [-0.05, 0) is 38.1 Å². The van der Waals surface area contributed by atoms with Gasteiger partial charge in [0.1, 0.15) is 28.8 Å². The van der Waals surface area contributed by atoms with E-state index >= 15 is 0 Å². The summed E-state index contributed by atoms with van der Waals surface area (Å²) >= 11 is 0. The second kappa shape index (κ2) is 8.78. The molecule has 8 heteroatoms. The number of nitrogens with zero attached hydrogens (tertiary/aromatic N) is 3. The molecule has 4 rings (SSSR count). The Morgan fingerprint density at radius 2 is 1.84 bits per heavy atom. The van der Waals surface area contributed by atoms with E-state index in [1.54, 1.807) is 19.2 Å². The van der Waals surface area contributed by atoms with E-state index in [1.807, 2.05) is 26.0 Å². The summed E-state index contributed by atoms with van der Waals surface area (Å²) in [6.45, 7) is 7.45. The van der Waals surface area contributed by atoms with Crippen molar-refractivity contribution in [1.82, 2.24) is 9.80 Å². The molecule has 2 aliphatic heterocycles. The zero-order chi connectivity index (χ0) is 22.9. The molecule has 1 saturated heterocycles. The average molecular weight is 442 g/mol. The van der Waals surface area contributed by atoms with Gasteiger partial charge in [0.2, 0.25) is 0 Å². The van der Waals surface area contributed by atoms with Gasteiger partial charge in [0, 0.05) is 44.9 Å². The fourth-order valence-corrected chi connectivity index (χ4v) is 4.11. The SMILES string of the molecule is COC(=O)C(C)(C)CN1CCN(C2=Nc3ccc(F)cc3Oc3cc(OC)ccc32)CC1. The number of halogens is 1. The molecule has 0 radical (unpaired) electrons. The third-order valence-electron chi connectivity index (χ3n) is 5.83. The van der Waals surface area contributed by atoms with Crippen LogP contribution in [0, 0.1) is 11.2 Å². The van der Waals surface area contributed by atoms with Gasteiger partial charge in [0.15, 0.2) is 5.75 Å². The first kappa shape index (κ1) is 22.1. The van der Waals surface area contributed by atoms with E-state index in [0.29, 0.717) is 29.5 Å². The molecular weight excluding hydrogens is 413 g/mol. The van der Waals surface area contributed by atoms with Crippen LogP contribution in [0.1, 0.15) is 19.4 Å². The molecule has 0 amide bonds. The Kier molecular flexibility index (Phi) is 6.06. The number of rotatable bonds is 4. The van der Waals surface area contributed by atoms with Crippen molar-refractivity contribution in [1.29, 1.82) is 0 Å². The number of ether oxygens (including phenoxy) is 3. The summed E-state index contributed by atoms with van der Waals surface area (Å²) < 4.78 is 30.2. The van der Waals surface area contributed by atoms with Gasteiger partial charge in [0.05, 0.1) is 25.2 Å². The van der Waals surface area contributed by atoms with Gasteiger partial charge in [-0.3, -0.25) is 9.69 Å². The maximum absolute atomic E-state index is 13.9. The molecule has 0 aromatic heterocycles. The van der Waals surface area contributed by atoms with E-state index in [1.165, 1.54) is 19.2 Å². The third kappa shape index (κ3) is 4.41. The minimum atomic E-state index is -0.573. The normalized spacial score (nSPS) is 16.3. The fraction of sp³-hybridized carbons (Fsp3) is 0.417. The smallest absolute Gasteiger partial charge is 0.312 e. The van der Waals surface area contributed by atoms with Gasteiger partial charge >= 0.3 is 5.97 Å². The molecule has 0 atom stereocenters. The van der Waals surface area contributed by atoms with Crippen LogP contribution in [0.5, 0.6) is 17.2 Å². The van der Waals surface area contributed by atoms with Gasteiger partial charge in [-0.15, -0.1) is 0 Å². The lowest BCUT2D eigenvalue weighted by Crippen LogP contribution is -2.52. The number of esters is 1. The van der Waals surface area contributed by atoms with Crippen molar-refractivity contribution < 1.29 is 23.4 Å². The predicted molar refractivity (Wildman–Crippen MR) is 119 cm³/mol. The molecule has 0 spiro atoms. The zero-order valence-electron chi connectivity index (χ0n) is 18.9. The van der Waals surface area contributed by atoms with E-state index in [4.69, 9.17) is 19.2 Å². The zero-order valence-corrected chi connectivity index (χ0v) is 18.9. The Morgan fingerprint density at radius 1 is 1.09 bits per heavy atom. The minimum Gasteiger partial charge on any atom is -0.497 e. The number of hydrogen-bond acceptors (Lipinski definition) is 7. The Labute approximate surface area is 187 Å². The topological polar surface area (TPSA) is 63.6 Å². The number of carbonyl (C=O) groups excluding carboxylic acids is 1. The van der Waals surface area contributed by atoms with Crippen LogP contribution in [0.4, 0.5) is 10.1 Å². The number of aliphatic imine (C=N–C) groups is 1. The van der Waals surface area contributed by atoms with Gasteiger partial charge in [-0.25, -0.2) is 9.38 Å².